The molecule has 1 N–H and O–H groups in total. The van der Waals surface area contributed by atoms with Crippen molar-refractivity contribution < 1.29 is 9.53 Å². The zero-order valence-corrected chi connectivity index (χ0v) is 9.20. The maximum atomic E-state index is 10.9. The van der Waals surface area contributed by atoms with Crippen molar-refractivity contribution in [3.05, 3.63) is 35.4 Å². The van der Waals surface area contributed by atoms with Gasteiger partial charge in [0.15, 0.2) is 0 Å². The van der Waals surface area contributed by atoms with E-state index in [9.17, 15) is 4.79 Å². The van der Waals surface area contributed by atoms with Gasteiger partial charge < -0.3 is 10.1 Å². The topological polar surface area (TPSA) is 38.3 Å². The Hall–Kier alpha value is -1.77. The van der Waals surface area contributed by atoms with Gasteiger partial charge in [-0.3, -0.25) is 0 Å². The molecule has 0 bridgehead atoms. The quantitative estimate of drug-likeness (QED) is 0.607. The second-order valence-electron chi connectivity index (χ2n) is 3.18. The Morgan fingerprint density at radius 3 is 2.73 bits per heavy atom. The third-order valence-electron chi connectivity index (χ3n) is 2.13. The summed E-state index contributed by atoms with van der Waals surface area (Å²) in [5.41, 5.74) is 3.21. The Balaban J connectivity index is 2.84. The van der Waals surface area contributed by atoms with Crippen molar-refractivity contribution in [2.45, 2.75) is 6.92 Å². The molecule has 1 aromatic carbocycles. The van der Waals surface area contributed by atoms with Crippen molar-refractivity contribution in [3.8, 4) is 0 Å². The molecule has 0 saturated heterocycles. The number of esters is 1. The van der Waals surface area contributed by atoms with Crippen LogP contribution < -0.4 is 5.32 Å². The van der Waals surface area contributed by atoms with Crippen LogP contribution in [0.1, 0.15) is 11.1 Å². The minimum atomic E-state index is -0.342. The first-order valence-electron chi connectivity index (χ1n) is 4.72. The number of methoxy groups -OCH3 is 1. The summed E-state index contributed by atoms with van der Waals surface area (Å²) in [6.45, 7) is 2.02. The number of anilines is 1. The van der Waals surface area contributed by atoms with Crippen molar-refractivity contribution in [1.82, 2.24) is 0 Å². The van der Waals surface area contributed by atoms with Gasteiger partial charge in [-0.05, 0) is 36.3 Å². The van der Waals surface area contributed by atoms with Crippen molar-refractivity contribution in [2.75, 3.05) is 19.5 Å². The molecule has 0 spiro atoms. The Kier molecular flexibility index (Phi) is 3.92. The molecule has 0 fully saturated rings. The van der Waals surface area contributed by atoms with Gasteiger partial charge in [-0.1, -0.05) is 6.07 Å². The molecule has 3 nitrogen and oxygen atoms in total. The Morgan fingerprint density at radius 1 is 1.47 bits per heavy atom. The fourth-order valence-electron chi connectivity index (χ4n) is 1.30. The van der Waals surface area contributed by atoms with Gasteiger partial charge in [0.1, 0.15) is 0 Å². The zero-order valence-electron chi connectivity index (χ0n) is 9.20. The van der Waals surface area contributed by atoms with Gasteiger partial charge in [0.2, 0.25) is 0 Å². The fraction of sp³-hybridized carbons (Fsp3) is 0.250. The lowest BCUT2D eigenvalue weighted by atomic mass is 10.1. The van der Waals surface area contributed by atoms with Crippen LogP contribution in [-0.4, -0.2) is 20.1 Å². The van der Waals surface area contributed by atoms with Gasteiger partial charge in [-0.2, -0.15) is 0 Å². The van der Waals surface area contributed by atoms with E-state index in [4.69, 9.17) is 0 Å². The lowest BCUT2D eigenvalue weighted by Crippen LogP contribution is -1.94. The van der Waals surface area contributed by atoms with Crippen LogP contribution >= 0.6 is 0 Å². The molecule has 0 unspecified atom stereocenters. The summed E-state index contributed by atoms with van der Waals surface area (Å²) in [6.07, 6.45) is 3.14. The van der Waals surface area contributed by atoms with Gasteiger partial charge >= 0.3 is 5.97 Å². The number of aryl methyl sites for hydroxylation is 1. The lowest BCUT2D eigenvalue weighted by molar-refractivity contribution is -0.134. The molecule has 0 amide bonds. The molecule has 0 aliphatic carbocycles. The van der Waals surface area contributed by atoms with Crippen molar-refractivity contribution in [1.29, 1.82) is 0 Å². The molecule has 0 aromatic heterocycles. The Morgan fingerprint density at radius 2 is 2.20 bits per heavy atom. The van der Waals surface area contributed by atoms with Crippen molar-refractivity contribution >= 4 is 17.7 Å². The summed E-state index contributed by atoms with van der Waals surface area (Å²) in [6, 6.07) is 5.93. The van der Waals surface area contributed by atoms with E-state index in [-0.39, 0.29) is 5.97 Å². The Labute approximate surface area is 89.8 Å². The van der Waals surface area contributed by atoms with E-state index in [1.807, 2.05) is 32.2 Å². The maximum Gasteiger partial charge on any atom is 0.330 e. The predicted molar refractivity (Wildman–Crippen MR) is 61.8 cm³/mol. The molecule has 1 aromatic rings. The molecule has 0 atom stereocenters. The van der Waals surface area contributed by atoms with E-state index in [0.717, 1.165) is 16.8 Å². The largest absolute Gasteiger partial charge is 0.466 e. The number of ether oxygens (including phenoxy) is 1. The molecule has 15 heavy (non-hydrogen) atoms. The van der Waals surface area contributed by atoms with Crippen LogP contribution in [0.5, 0.6) is 0 Å². The van der Waals surface area contributed by atoms with E-state index in [2.05, 4.69) is 10.1 Å². The molecule has 3 heteroatoms. The molecular formula is C12H15NO2. The van der Waals surface area contributed by atoms with E-state index < -0.39 is 0 Å². The molecule has 0 aliphatic heterocycles. The van der Waals surface area contributed by atoms with Crippen molar-refractivity contribution in [3.63, 3.8) is 0 Å². The third kappa shape index (κ3) is 3.13. The molecule has 0 radical (unpaired) electrons. The number of rotatable bonds is 3. The SMILES string of the molecule is CNc1ccc(C=CC(=O)OC)cc1C. The van der Waals surface area contributed by atoms with Gasteiger partial charge in [-0.15, -0.1) is 0 Å². The monoisotopic (exact) mass is 205 g/mol. The summed E-state index contributed by atoms with van der Waals surface area (Å²) >= 11 is 0. The number of benzene rings is 1. The first kappa shape index (κ1) is 11.3. The number of hydrogen-bond acceptors (Lipinski definition) is 3. The highest BCUT2D eigenvalue weighted by Gasteiger charge is 1.96. The summed E-state index contributed by atoms with van der Waals surface area (Å²) in [5, 5.41) is 3.08. The molecular weight excluding hydrogens is 190 g/mol. The van der Waals surface area contributed by atoms with Crippen molar-refractivity contribution in [2.24, 2.45) is 0 Å². The average Bonchev–Trinajstić information content (AvgIpc) is 2.26. The minimum Gasteiger partial charge on any atom is -0.466 e. The van der Waals surface area contributed by atoms with Gasteiger partial charge in [0, 0.05) is 18.8 Å². The van der Waals surface area contributed by atoms with Crippen LogP contribution in [0, 0.1) is 6.92 Å². The van der Waals surface area contributed by atoms with Gasteiger partial charge in [0.05, 0.1) is 7.11 Å². The predicted octanol–water partition coefficient (Wildman–Crippen LogP) is 2.22. The first-order chi connectivity index (χ1) is 7.17. The number of carbonyl (C=O) groups excluding carboxylic acids is 1. The highest BCUT2D eigenvalue weighted by molar-refractivity contribution is 5.87. The van der Waals surface area contributed by atoms with Crippen LogP contribution in [0.2, 0.25) is 0 Å². The minimum absolute atomic E-state index is 0.342. The molecule has 0 aliphatic rings. The summed E-state index contributed by atoms with van der Waals surface area (Å²) < 4.78 is 4.51. The van der Waals surface area contributed by atoms with Crippen LogP contribution in [-0.2, 0) is 9.53 Å². The number of carbonyl (C=O) groups is 1. The smallest absolute Gasteiger partial charge is 0.330 e. The second-order valence-corrected chi connectivity index (χ2v) is 3.18. The first-order valence-corrected chi connectivity index (χ1v) is 4.72. The molecule has 0 saturated carbocycles. The molecule has 1 rings (SSSR count). The fourth-order valence-corrected chi connectivity index (χ4v) is 1.30. The second kappa shape index (κ2) is 5.20. The van der Waals surface area contributed by atoms with Crippen LogP contribution in [0.4, 0.5) is 5.69 Å². The molecule has 80 valence electrons. The standard InChI is InChI=1S/C12H15NO2/c1-9-8-10(4-6-11(9)13-2)5-7-12(14)15-3/h4-8,13H,1-3H3. The van der Waals surface area contributed by atoms with E-state index >= 15 is 0 Å². The summed E-state index contributed by atoms with van der Waals surface area (Å²) in [5.74, 6) is -0.342. The maximum absolute atomic E-state index is 10.9. The highest BCUT2D eigenvalue weighted by atomic mass is 16.5. The van der Waals surface area contributed by atoms with Crippen LogP contribution in [0.3, 0.4) is 0 Å². The zero-order chi connectivity index (χ0) is 11.3. The number of nitrogens with one attached hydrogen (secondary N) is 1. The summed E-state index contributed by atoms with van der Waals surface area (Å²) in [4.78, 5) is 10.9. The number of hydrogen-bond donors (Lipinski definition) is 1. The van der Waals surface area contributed by atoms with E-state index in [0.29, 0.717) is 0 Å². The summed E-state index contributed by atoms with van der Waals surface area (Å²) in [7, 11) is 3.24. The lowest BCUT2D eigenvalue weighted by Gasteiger charge is -2.05. The molecule has 0 heterocycles. The normalized spacial score (nSPS) is 10.3. The van der Waals surface area contributed by atoms with Gasteiger partial charge in [0.25, 0.3) is 0 Å². The van der Waals surface area contributed by atoms with Crippen LogP contribution in [0.25, 0.3) is 6.08 Å². The highest BCUT2D eigenvalue weighted by Crippen LogP contribution is 2.16. The van der Waals surface area contributed by atoms with E-state index in [1.165, 1.54) is 13.2 Å². The average molecular weight is 205 g/mol. The Bertz CT molecular complexity index is 383. The van der Waals surface area contributed by atoms with E-state index in [1.54, 1.807) is 6.08 Å². The third-order valence-corrected chi connectivity index (χ3v) is 2.13. The van der Waals surface area contributed by atoms with Crippen LogP contribution in [0.15, 0.2) is 24.3 Å². The van der Waals surface area contributed by atoms with Gasteiger partial charge in [-0.25, -0.2) is 4.79 Å².